The van der Waals surface area contributed by atoms with Crippen LogP contribution in [-0.2, 0) is 10.0 Å². The third kappa shape index (κ3) is 4.65. The number of fused-ring (bicyclic) bond motifs is 1. The quantitative estimate of drug-likeness (QED) is 0.387. The molecule has 0 bridgehead atoms. The van der Waals surface area contributed by atoms with Gasteiger partial charge in [-0.15, -0.1) is 0 Å². The maximum atomic E-state index is 12.9. The number of para-hydroxylation sites is 2. The van der Waals surface area contributed by atoms with Crippen LogP contribution in [0.3, 0.4) is 0 Å². The number of carbonyl (C=O) groups is 1. The predicted molar refractivity (Wildman–Crippen MR) is 125 cm³/mol. The van der Waals surface area contributed by atoms with Crippen LogP contribution in [-0.4, -0.2) is 24.3 Å². The Morgan fingerprint density at radius 1 is 0.906 bits per heavy atom. The van der Waals surface area contributed by atoms with Crippen molar-refractivity contribution in [3.05, 3.63) is 90.3 Å². The van der Waals surface area contributed by atoms with E-state index in [1.807, 2.05) is 38.1 Å². The summed E-state index contributed by atoms with van der Waals surface area (Å²) < 4.78 is 27.5. The van der Waals surface area contributed by atoms with Crippen LogP contribution < -0.4 is 10.0 Å². The summed E-state index contributed by atoms with van der Waals surface area (Å²) in [6.45, 7) is 4.03. The van der Waals surface area contributed by atoms with Gasteiger partial charge < -0.3 is 10.3 Å². The number of benzene rings is 3. The van der Waals surface area contributed by atoms with E-state index in [4.69, 9.17) is 0 Å². The van der Waals surface area contributed by atoms with Gasteiger partial charge in [0, 0.05) is 11.3 Å². The van der Waals surface area contributed by atoms with Crippen LogP contribution in [0.2, 0.25) is 0 Å². The first kappa shape index (κ1) is 21.6. The lowest BCUT2D eigenvalue weighted by atomic mass is 10.0. The number of nitrogens with one attached hydrogen (secondary N) is 3. The molecule has 0 aliphatic rings. The van der Waals surface area contributed by atoms with Gasteiger partial charge in [0.1, 0.15) is 5.82 Å². The van der Waals surface area contributed by atoms with E-state index in [1.54, 1.807) is 42.5 Å². The molecule has 1 heterocycles. The van der Waals surface area contributed by atoms with E-state index in [2.05, 4.69) is 20.0 Å². The Hall–Kier alpha value is -3.65. The van der Waals surface area contributed by atoms with Gasteiger partial charge in [-0.1, -0.05) is 44.2 Å². The van der Waals surface area contributed by atoms with Gasteiger partial charge in [-0.3, -0.25) is 9.52 Å². The molecule has 0 saturated heterocycles. The Bertz CT molecular complexity index is 1300. The molecule has 32 heavy (non-hydrogen) atoms. The normalized spacial score (nSPS) is 12.6. The van der Waals surface area contributed by atoms with Crippen LogP contribution in [0.5, 0.6) is 0 Å². The van der Waals surface area contributed by atoms with Crippen LogP contribution in [0, 0.1) is 5.92 Å². The molecule has 164 valence electrons. The number of hydrogen-bond donors (Lipinski definition) is 3. The molecule has 0 radical (unpaired) electrons. The van der Waals surface area contributed by atoms with E-state index >= 15 is 0 Å². The second kappa shape index (κ2) is 8.84. The summed E-state index contributed by atoms with van der Waals surface area (Å²) in [6.07, 6.45) is 0. The third-order valence-corrected chi connectivity index (χ3v) is 6.51. The second-order valence-corrected chi connectivity index (χ2v) is 9.51. The van der Waals surface area contributed by atoms with Crippen molar-refractivity contribution in [3.8, 4) is 0 Å². The van der Waals surface area contributed by atoms with Gasteiger partial charge in [-0.05, 0) is 54.4 Å². The molecule has 8 heteroatoms. The zero-order valence-corrected chi connectivity index (χ0v) is 18.6. The molecule has 3 N–H and O–H groups in total. The van der Waals surface area contributed by atoms with Crippen molar-refractivity contribution in [3.63, 3.8) is 0 Å². The average molecular weight is 449 g/mol. The van der Waals surface area contributed by atoms with Crippen LogP contribution in [0.1, 0.15) is 36.1 Å². The minimum atomic E-state index is -3.69. The van der Waals surface area contributed by atoms with Gasteiger partial charge in [0.05, 0.1) is 22.0 Å². The molecule has 3 aromatic carbocycles. The minimum absolute atomic E-state index is 0.108. The summed E-state index contributed by atoms with van der Waals surface area (Å²) in [6, 6.07) is 21.9. The Kier molecular flexibility index (Phi) is 5.96. The number of H-pyrrole nitrogens is 1. The monoisotopic (exact) mass is 448 g/mol. The minimum Gasteiger partial charge on any atom is -0.342 e. The maximum absolute atomic E-state index is 12.9. The molecule has 1 amide bonds. The molecule has 1 unspecified atom stereocenters. The molecule has 0 aliphatic carbocycles. The maximum Gasteiger partial charge on any atom is 0.261 e. The highest BCUT2D eigenvalue weighted by Crippen LogP contribution is 2.23. The highest BCUT2D eigenvalue weighted by Gasteiger charge is 2.22. The Morgan fingerprint density at radius 3 is 2.22 bits per heavy atom. The van der Waals surface area contributed by atoms with Gasteiger partial charge in [0.25, 0.3) is 15.9 Å². The van der Waals surface area contributed by atoms with Crippen LogP contribution in [0.25, 0.3) is 11.0 Å². The molecule has 0 spiro atoms. The van der Waals surface area contributed by atoms with Crippen molar-refractivity contribution in [2.45, 2.75) is 24.8 Å². The van der Waals surface area contributed by atoms with Gasteiger partial charge in [-0.2, -0.15) is 0 Å². The van der Waals surface area contributed by atoms with Crippen molar-refractivity contribution >= 4 is 32.7 Å². The van der Waals surface area contributed by atoms with E-state index in [1.165, 1.54) is 12.1 Å². The predicted octanol–water partition coefficient (Wildman–Crippen LogP) is 4.49. The van der Waals surface area contributed by atoms with Crippen molar-refractivity contribution in [1.82, 2.24) is 15.3 Å². The Labute approximate surface area is 187 Å². The molecule has 4 rings (SSSR count). The van der Waals surface area contributed by atoms with Crippen LogP contribution >= 0.6 is 0 Å². The Balaban J connectivity index is 1.49. The van der Waals surface area contributed by atoms with E-state index in [0.29, 0.717) is 17.1 Å². The molecule has 1 atom stereocenters. The SMILES string of the molecule is CC(C)C(NC(=O)c1ccc(NS(=O)(=O)c2ccccc2)cc1)c1nc2ccccc2[nH]1. The van der Waals surface area contributed by atoms with Gasteiger partial charge in [0.2, 0.25) is 0 Å². The fourth-order valence-electron chi connectivity index (χ4n) is 3.40. The summed E-state index contributed by atoms with van der Waals surface area (Å²) in [5.74, 6) is 0.542. The van der Waals surface area contributed by atoms with Crippen LogP contribution in [0.15, 0.2) is 83.8 Å². The van der Waals surface area contributed by atoms with Gasteiger partial charge >= 0.3 is 0 Å². The number of sulfonamides is 1. The number of amides is 1. The molecule has 4 aromatic rings. The molecule has 0 saturated carbocycles. The fraction of sp³-hybridized carbons (Fsp3) is 0.167. The third-order valence-electron chi connectivity index (χ3n) is 5.11. The zero-order chi connectivity index (χ0) is 22.7. The summed E-state index contributed by atoms with van der Waals surface area (Å²) in [5.41, 5.74) is 2.56. The number of aromatic amines is 1. The highest BCUT2D eigenvalue weighted by molar-refractivity contribution is 7.92. The zero-order valence-electron chi connectivity index (χ0n) is 17.7. The van der Waals surface area contributed by atoms with E-state index in [-0.39, 0.29) is 22.8 Å². The van der Waals surface area contributed by atoms with E-state index in [9.17, 15) is 13.2 Å². The lowest BCUT2D eigenvalue weighted by molar-refractivity contribution is 0.0923. The largest absolute Gasteiger partial charge is 0.342 e. The first-order valence-corrected chi connectivity index (χ1v) is 11.8. The first-order valence-electron chi connectivity index (χ1n) is 10.3. The lowest BCUT2D eigenvalue weighted by Crippen LogP contribution is -2.32. The number of hydrogen-bond acceptors (Lipinski definition) is 4. The lowest BCUT2D eigenvalue weighted by Gasteiger charge is -2.20. The number of imidazole rings is 1. The van der Waals surface area contributed by atoms with Crippen LogP contribution in [0.4, 0.5) is 5.69 Å². The number of rotatable bonds is 7. The molecule has 1 aromatic heterocycles. The Morgan fingerprint density at radius 2 is 1.56 bits per heavy atom. The number of carbonyl (C=O) groups excluding carboxylic acids is 1. The van der Waals surface area contributed by atoms with Gasteiger partial charge in [0.15, 0.2) is 0 Å². The molecule has 0 aliphatic heterocycles. The standard InChI is InChI=1S/C24H24N4O3S/c1-16(2)22(23-25-20-10-6-7-11-21(20)26-23)27-24(29)17-12-14-18(15-13-17)28-32(30,31)19-8-4-3-5-9-19/h3-16,22,28H,1-2H3,(H,25,26)(H,27,29). The second-order valence-electron chi connectivity index (χ2n) is 7.83. The summed E-state index contributed by atoms with van der Waals surface area (Å²) in [4.78, 5) is 20.9. The van der Waals surface area contributed by atoms with Crippen molar-refractivity contribution in [2.24, 2.45) is 5.92 Å². The smallest absolute Gasteiger partial charge is 0.261 e. The molecular formula is C24H24N4O3S. The van der Waals surface area contributed by atoms with Gasteiger partial charge in [-0.25, -0.2) is 13.4 Å². The first-order chi connectivity index (χ1) is 15.3. The van der Waals surface area contributed by atoms with Crippen molar-refractivity contribution < 1.29 is 13.2 Å². The number of nitrogens with zero attached hydrogens (tertiary/aromatic N) is 1. The number of aromatic nitrogens is 2. The van der Waals surface area contributed by atoms with E-state index < -0.39 is 10.0 Å². The fourth-order valence-corrected chi connectivity index (χ4v) is 4.48. The topological polar surface area (TPSA) is 104 Å². The summed E-state index contributed by atoms with van der Waals surface area (Å²) in [5, 5.41) is 3.03. The van der Waals surface area contributed by atoms with Crippen molar-refractivity contribution in [1.29, 1.82) is 0 Å². The molecule has 7 nitrogen and oxygen atoms in total. The molecular weight excluding hydrogens is 424 g/mol. The van der Waals surface area contributed by atoms with Crippen molar-refractivity contribution in [2.75, 3.05) is 4.72 Å². The summed E-state index contributed by atoms with van der Waals surface area (Å²) in [7, 11) is -3.69. The summed E-state index contributed by atoms with van der Waals surface area (Å²) >= 11 is 0. The highest BCUT2D eigenvalue weighted by atomic mass is 32.2. The molecule has 0 fully saturated rings. The average Bonchev–Trinajstić information content (AvgIpc) is 3.22. The number of anilines is 1. The van der Waals surface area contributed by atoms with E-state index in [0.717, 1.165) is 11.0 Å².